The summed E-state index contributed by atoms with van der Waals surface area (Å²) in [5, 5.41) is 0. The van der Waals surface area contributed by atoms with Crippen molar-refractivity contribution in [3.05, 3.63) is 47.2 Å². The molecular weight excluding hydrogens is 200 g/mol. The number of amides is 1. The van der Waals surface area contributed by atoms with E-state index in [1.165, 1.54) is 6.42 Å². The number of nitrogens with one attached hydrogen (secondary N) is 2. The lowest BCUT2D eigenvalue weighted by molar-refractivity contribution is 0.0938. The number of carbonyl (C=O) groups excluding carboxylic acids is 1. The van der Waals surface area contributed by atoms with Gasteiger partial charge in [-0.1, -0.05) is 23.8 Å². The van der Waals surface area contributed by atoms with Crippen LogP contribution in [0.3, 0.4) is 0 Å². The second-order valence-corrected chi connectivity index (χ2v) is 4.07. The van der Waals surface area contributed by atoms with Crippen LogP contribution in [0.5, 0.6) is 0 Å². The van der Waals surface area contributed by atoms with E-state index >= 15 is 0 Å². The van der Waals surface area contributed by atoms with E-state index in [0.717, 1.165) is 24.1 Å². The largest absolute Gasteiger partial charge is 0.303 e. The Morgan fingerprint density at radius 2 is 2.25 bits per heavy atom. The molecule has 0 heterocycles. The van der Waals surface area contributed by atoms with E-state index in [9.17, 15) is 4.79 Å². The van der Waals surface area contributed by atoms with Gasteiger partial charge in [-0.15, -0.1) is 0 Å². The van der Waals surface area contributed by atoms with Crippen molar-refractivity contribution in [2.24, 2.45) is 0 Å². The van der Waals surface area contributed by atoms with Crippen LogP contribution in [0.1, 0.15) is 35.2 Å². The second-order valence-electron chi connectivity index (χ2n) is 4.07. The van der Waals surface area contributed by atoms with Crippen molar-refractivity contribution in [1.29, 1.82) is 0 Å². The van der Waals surface area contributed by atoms with Gasteiger partial charge in [-0.2, -0.15) is 0 Å². The molecule has 84 valence electrons. The highest BCUT2D eigenvalue weighted by Gasteiger charge is 2.07. The Balaban J connectivity index is 1.92. The van der Waals surface area contributed by atoms with Crippen molar-refractivity contribution in [2.75, 3.05) is 0 Å². The Kier molecular flexibility index (Phi) is 3.25. The zero-order valence-corrected chi connectivity index (χ0v) is 9.42. The highest BCUT2D eigenvalue weighted by molar-refractivity contribution is 5.94. The molecular formula is C13H16N2O. The molecule has 0 aromatic heterocycles. The minimum atomic E-state index is -0.0866. The summed E-state index contributed by atoms with van der Waals surface area (Å²) < 4.78 is 0. The Morgan fingerprint density at radius 3 is 2.94 bits per heavy atom. The number of hydrogen-bond donors (Lipinski definition) is 2. The topological polar surface area (TPSA) is 41.1 Å². The minimum absolute atomic E-state index is 0.0866. The summed E-state index contributed by atoms with van der Waals surface area (Å²) in [5.74, 6) is -0.0866. The molecule has 0 fully saturated rings. The van der Waals surface area contributed by atoms with Crippen molar-refractivity contribution < 1.29 is 4.79 Å². The summed E-state index contributed by atoms with van der Waals surface area (Å²) >= 11 is 0. The molecule has 0 radical (unpaired) electrons. The zero-order chi connectivity index (χ0) is 11.4. The quantitative estimate of drug-likeness (QED) is 0.761. The lowest BCUT2D eigenvalue weighted by Gasteiger charge is -2.09. The van der Waals surface area contributed by atoms with Crippen LogP contribution in [-0.2, 0) is 0 Å². The number of benzene rings is 1. The predicted molar refractivity (Wildman–Crippen MR) is 63.7 cm³/mol. The average molecular weight is 216 g/mol. The zero-order valence-electron chi connectivity index (χ0n) is 9.42. The van der Waals surface area contributed by atoms with Gasteiger partial charge in [-0.05, 0) is 38.3 Å². The van der Waals surface area contributed by atoms with Gasteiger partial charge in [-0.3, -0.25) is 10.2 Å². The molecule has 0 saturated heterocycles. The first-order chi connectivity index (χ1) is 7.75. The van der Waals surface area contributed by atoms with Crippen molar-refractivity contribution in [3.8, 4) is 0 Å². The van der Waals surface area contributed by atoms with Gasteiger partial charge in [0.2, 0.25) is 0 Å². The molecule has 3 nitrogen and oxygen atoms in total. The van der Waals surface area contributed by atoms with Crippen molar-refractivity contribution in [1.82, 2.24) is 10.9 Å². The molecule has 0 aliphatic heterocycles. The molecule has 1 amide bonds. The first kappa shape index (κ1) is 10.7. The fourth-order valence-electron chi connectivity index (χ4n) is 1.78. The summed E-state index contributed by atoms with van der Waals surface area (Å²) in [6, 6.07) is 7.55. The smallest absolute Gasteiger partial charge is 0.269 e. The Bertz CT molecular complexity index is 424. The second kappa shape index (κ2) is 4.84. The van der Waals surface area contributed by atoms with Gasteiger partial charge >= 0.3 is 0 Å². The Morgan fingerprint density at radius 1 is 1.38 bits per heavy atom. The molecule has 2 N–H and O–H groups in total. The molecule has 1 aliphatic rings. The van der Waals surface area contributed by atoms with Crippen molar-refractivity contribution in [2.45, 2.75) is 26.2 Å². The SMILES string of the molecule is Cc1cccc(C(=O)NNC2=CCCC2)c1. The van der Waals surface area contributed by atoms with Crippen LogP contribution in [0.2, 0.25) is 0 Å². The molecule has 1 aromatic carbocycles. The third kappa shape index (κ3) is 2.63. The number of hydrogen-bond acceptors (Lipinski definition) is 2. The van der Waals surface area contributed by atoms with Crippen LogP contribution >= 0.6 is 0 Å². The average Bonchev–Trinajstić information content (AvgIpc) is 2.78. The number of carbonyl (C=O) groups is 1. The van der Waals surface area contributed by atoms with E-state index in [1.807, 2.05) is 31.2 Å². The fraction of sp³-hybridized carbons (Fsp3) is 0.308. The van der Waals surface area contributed by atoms with E-state index in [2.05, 4.69) is 16.9 Å². The van der Waals surface area contributed by atoms with E-state index < -0.39 is 0 Å². The third-order valence-corrected chi connectivity index (χ3v) is 2.66. The van der Waals surface area contributed by atoms with Crippen LogP contribution in [-0.4, -0.2) is 5.91 Å². The van der Waals surface area contributed by atoms with Gasteiger partial charge in [0.1, 0.15) is 0 Å². The normalized spacial score (nSPS) is 14.4. The minimum Gasteiger partial charge on any atom is -0.303 e. The summed E-state index contributed by atoms with van der Waals surface area (Å²) in [4.78, 5) is 11.8. The fourth-order valence-corrected chi connectivity index (χ4v) is 1.78. The number of aryl methyl sites for hydroxylation is 1. The van der Waals surface area contributed by atoms with E-state index in [0.29, 0.717) is 5.56 Å². The van der Waals surface area contributed by atoms with Gasteiger partial charge in [0.25, 0.3) is 5.91 Å². The van der Waals surface area contributed by atoms with Crippen LogP contribution in [0.15, 0.2) is 36.0 Å². The Hall–Kier alpha value is -1.77. The lowest BCUT2D eigenvalue weighted by atomic mass is 10.1. The Labute approximate surface area is 95.5 Å². The van der Waals surface area contributed by atoms with Gasteiger partial charge in [0, 0.05) is 11.3 Å². The molecule has 0 atom stereocenters. The molecule has 2 rings (SSSR count). The molecule has 0 spiro atoms. The van der Waals surface area contributed by atoms with Crippen molar-refractivity contribution in [3.63, 3.8) is 0 Å². The van der Waals surface area contributed by atoms with Crippen LogP contribution in [0.25, 0.3) is 0 Å². The highest BCUT2D eigenvalue weighted by Crippen LogP contribution is 2.13. The van der Waals surface area contributed by atoms with Crippen LogP contribution in [0.4, 0.5) is 0 Å². The first-order valence-corrected chi connectivity index (χ1v) is 5.58. The summed E-state index contributed by atoms with van der Waals surface area (Å²) in [6.07, 6.45) is 5.41. The van der Waals surface area contributed by atoms with E-state index in [4.69, 9.17) is 0 Å². The summed E-state index contributed by atoms with van der Waals surface area (Å²) in [7, 11) is 0. The van der Waals surface area contributed by atoms with Crippen molar-refractivity contribution >= 4 is 5.91 Å². The molecule has 0 unspecified atom stereocenters. The molecule has 1 aromatic rings. The summed E-state index contributed by atoms with van der Waals surface area (Å²) in [6.45, 7) is 1.98. The maximum absolute atomic E-state index is 11.8. The molecule has 16 heavy (non-hydrogen) atoms. The van der Waals surface area contributed by atoms with Gasteiger partial charge in [0.05, 0.1) is 0 Å². The van der Waals surface area contributed by atoms with Gasteiger partial charge in [0.15, 0.2) is 0 Å². The monoisotopic (exact) mass is 216 g/mol. The van der Waals surface area contributed by atoms with Crippen LogP contribution < -0.4 is 10.9 Å². The summed E-state index contributed by atoms with van der Waals surface area (Å²) in [5.41, 5.74) is 8.56. The van der Waals surface area contributed by atoms with Gasteiger partial charge < -0.3 is 5.43 Å². The van der Waals surface area contributed by atoms with Crippen LogP contribution in [0, 0.1) is 6.92 Å². The number of rotatable bonds is 3. The predicted octanol–water partition coefficient (Wildman–Crippen LogP) is 2.30. The molecule has 0 saturated carbocycles. The third-order valence-electron chi connectivity index (χ3n) is 2.66. The molecule has 0 bridgehead atoms. The number of hydrazine groups is 1. The maximum atomic E-state index is 11.8. The highest BCUT2D eigenvalue weighted by atomic mass is 16.2. The molecule has 1 aliphatic carbocycles. The maximum Gasteiger partial charge on any atom is 0.269 e. The first-order valence-electron chi connectivity index (χ1n) is 5.58. The standard InChI is InChI=1S/C13H16N2O/c1-10-5-4-6-11(9-10)13(16)15-14-12-7-2-3-8-12/h4-7,9,14H,2-3,8H2,1H3,(H,15,16). The van der Waals surface area contributed by atoms with E-state index in [1.54, 1.807) is 0 Å². The lowest BCUT2D eigenvalue weighted by Crippen LogP contribution is -2.36. The molecule has 3 heteroatoms. The number of allylic oxidation sites excluding steroid dienone is 2. The van der Waals surface area contributed by atoms with Gasteiger partial charge in [-0.25, -0.2) is 0 Å². The van der Waals surface area contributed by atoms with E-state index in [-0.39, 0.29) is 5.91 Å².